The number of nitrogens with zero attached hydrogens (tertiary/aromatic N) is 2. The van der Waals surface area contributed by atoms with Gasteiger partial charge < -0.3 is 15.8 Å². The summed E-state index contributed by atoms with van der Waals surface area (Å²) in [4.78, 5) is 12.1. The van der Waals surface area contributed by atoms with Crippen LogP contribution >= 0.6 is 11.3 Å². The fourth-order valence-electron chi connectivity index (χ4n) is 1.98. The summed E-state index contributed by atoms with van der Waals surface area (Å²) in [5, 5.41) is 12.3. The van der Waals surface area contributed by atoms with Crippen molar-refractivity contribution < 1.29 is 9.53 Å². The number of nitrogen functional groups attached to an aromatic ring is 1. The van der Waals surface area contributed by atoms with Crippen LogP contribution in [0.15, 0.2) is 18.2 Å². The van der Waals surface area contributed by atoms with E-state index in [0.717, 1.165) is 29.8 Å². The highest BCUT2D eigenvalue weighted by molar-refractivity contribution is 7.15. The van der Waals surface area contributed by atoms with E-state index < -0.39 is 0 Å². The van der Waals surface area contributed by atoms with Crippen molar-refractivity contribution in [1.29, 1.82) is 0 Å². The molecule has 0 fully saturated rings. The van der Waals surface area contributed by atoms with Gasteiger partial charge in [-0.2, -0.15) is 0 Å². The molecule has 0 aliphatic rings. The molecule has 1 aromatic heterocycles. The Labute approximate surface area is 133 Å². The molecule has 1 aromatic carbocycles. The molecule has 1 heterocycles. The predicted octanol–water partition coefficient (Wildman–Crippen LogP) is 2.65. The summed E-state index contributed by atoms with van der Waals surface area (Å²) in [6.45, 7) is 2.13. The quantitative estimate of drug-likeness (QED) is 0.765. The number of carbonyl (C=O) groups excluding carboxylic acids is 1. The van der Waals surface area contributed by atoms with Crippen LogP contribution in [0.1, 0.15) is 30.3 Å². The van der Waals surface area contributed by atoms with Gasteiger partial charge in [0.1, 0.15) is 10.8 Å². The normalized spacial score (nSPS) is 10.5. The minimum atomic E-state index is -0.152. The molecule has 6 nitrogen and oxygen atoms in total. The first kappa shape index (κ1) is 16.2. The highest BCUT2D eigenvalue weighted by Crippen LogP contribution is 2.23. The van der Waals surface area contributed by atoms with Crippen LogP contribution in [0.5, 0.6) is 5.75 Å². The van der Waals surface area contributed by atoms with Crippen LogP contribution in [0.25, 0.3) is 0 Å². The summed E-state index contributed by atoms with van der Waals surface area (Å²) in [5.41, 5.74) is 7.09. The molecule has 3 N–H and O–H groups in total. The summed E-state index contributed by atoms with van der Waals surface area (Å²) in [6.07, 6.45) is 3.28. The fourth-order valence-corrected chi connectivity index (χ4v) is 2.77. The van der Waals surface area contributed by atoms with Crippen molar-refractivity contribution in [3.05, 3.63) is 28.8 Å². The lowest BCUT2D eigenvalue weighted by atomic mass is 10.1. The van der Waals surface area contributed by atoms with Crippen molar-refractivity contribution in [2.24, 2.45) is 0 Å². The number of nitrogens with one attached hydrogen (secondary N) is 1. The number of amides is 1. The van der Waals surface area contributed by atoms with Gasteiger partial charge >= 0.3 is 0 Å². The van der Waals surface area contributed by atoms with Gasteiger partial charge in [0.15, 0.2) is 0 Å². The smallest absolute Gasteiger partial charge is 0.230 e. The van der Waals surface area contributed by atoms with Gasteiger partial charge in [-0.15, -0.1) is 10.2 Å². The van der Waals surface area contributed by atoms with Crippen LogP contribution in [-0.4, -0.2) is 23.2 Å². The maximum Gasteiger partial charge on any atom is 0.230 e. The number of carbonyl (C=O) groups is 1. The largest absolute Gasteiger partial charge is 0.496 e. The van der Waals surface area contributed by atoms with Gasteiger partial charge in [-0.3, -0.25) is 4.79 Å². The van der Waals surface area contributed by atoms with E-state index in [0.29, 0.717) is 16.6 Å². The third-order valence-electron chi connectivity index (χ3n) is 3.12. The van der Waals surface area contributed by atoms with Crippen LogP contribution < -0.4 is 15.8 Å². The van der Waals surface area contributed by atoms with Gasteiger partial charge in [0.2, 0.25) is 11.0 Å². The van der Waals surface area contributed by atoms with Gasteiger partial charge in [0.05, 0.1) is 13.5 Å². The Morgan fingerprint density at radius 3 is 2.95 bits per heavy atom. The molecule has 1 amide bonds. The molecule has 2 rings (SSSR count). The lowest BCUT2D eigenvalue weighted by Gasteiger charge is -2.08. The zero-order chi connectivity index (χ0) is 15.9. The van der Waals surface area contributed by atoms with Gasteiger partial charge in [-0.25, -0.2) is 0 Å². The Kier molecular flexibility index (Phi) is 5.71. The van der Waals surface area contributed by atoms with Crippen molar-refractivity contribution in [1.82, 2.24) is 10.2 Å². The second-order valence-corrected chi connectivity index (χ2v) is 5.96. The van der Waals surface area contributed by atoms with Crippen LogP contribution in [0, 0.1) is 0 Å². The minimum absolute atomic E-state index is 0.152. The average Bonchev–Trinajstić information content (AvgIpc) is 2.94. The molecule has 0 aliphatic carbocycles. The first-order chi connectivity index (χ1) is 10.6. The number of ether oxygens (including phenoxy) is 1. The van der Waals surface area contributed by atoms with E-state index in [-0.39, 0.29) is 12.3 Å². The Morgan fingerprint density at radius 1 is 1.41 bits per heavy atom. The Bertz CT molecular complexity index is 642. The van der Waals surface area contributed by atoms with Gasteiger partial charge in [-0.05, 0) is 12.5 Å². The molecule has 2 aromatic rings. The molecule has 0 atom stereocenters. The molecule has 0 saturated heterocycles. The van der Waals surface area contributed by atoms with E-state index in [9.17, 15) is 4.79 Å². The van der Waals surface area contributed by atoms with Crippen LogP contribution in [0.3, 0.4) is 0 Å². The minimum Gasteiger partial charge on any atom is -0.496 e. The summed E-state index contributed by atoms with van der Waals surface area (Å²) in [5.74, 6) is 0.456. The predicted molar refractivity (Wildman–Crippen MR) is 88.3 cm³/mol. The molecule has 0 bridgehead atoms. The number of hydrogen-bond donors (Lipinski definition) is 2. The van der Waals surface area contributed by atoms with Crippen molar-refractivity contribution >= 4 is 28.1 Å². The highest BCUT2D eigenvalue weighted by Gasteiger charge is 2.12. The number of hydrogen-bond acceptors (Lipinski definition) is 6. The standard InChI is InChI=1S/C15H20N4O2S/c1-3-4-5-14-18-19-15(22-14)17-13(20)8-10-6-7-11(16)9-12(10)21-2/h6-7,9H,3-5,8,16H2,1-2H3,(H,17,19,20). The van der Waals surface area contributed by atoms with Gasteiger partial charge in [0, 0.05) is 23.7 Å². The van der Waals surface area contributed by atoms with Crippen molar-refractivity contribution in [2.45, 2.75) is 32.6 Å². The van der Waals surface area contributed by atoms with Crippen molar-refractivity contribution in [3.63, 3.8) is 0 Å². The van der Waals surface area contributed by atoms with E-state index >= 15 is 0 Å². The van der Waals surface area contributed by atoms with E-state index in [4.69, 9.17) is 10.5 Å². The van der Waals surface area contributed by atoms with E-state index in [2.05, 4.69) is 22.4 Å². The fraction of sp³-hybridized carbons (Fsp3) is 0.400. The summed E-state index contributed by atoms with van der Waals surface area (Å²) in [6, 6.07) is 5.25. The van der Waals surface area contributed by atoms with Crippen molar-refractivity contribution in [3.8, 4) is 5.75 Å². The first-order valence-corrected chi connectivity index (χ1v) is 7.98. The summed E-state index contributed by atoms with van der Waals surface area (Å²) in [7, 11) is 1.56. The molecule has 0 unspecified atom stereocenters. The molecule has 7 heteroatoms. The number of unbranched alkanes of at least 4 members (excludes halogenated alkanes) is 1. The van der Waals surface area contributed by atoms with Gasteiger partial charge in [-0.1, -0.05) is 30.7 Å². The molecule has 0 spiro atoms. The van der Waals surface area contributed by atoms with Crippen LogP contribution in [0.4, 0.5) is 10.8 Å². The van der Waals surface area contributed by atoms with E-state index in [1.165, 1.54) is 11.3 Å². The molecular weight excluding hydrogens is 300 g/mol. The van der Waals surface area contributed by atoms with Gasteiger partial charge in [0.25, 0.3) is 0 Å². The average molecular weight is 320 g/mol. The molecular formula is C15H20N4O2S. The maximum absolute atomic E-state index is 12.1. The maximum atomic E-state index is 12.1. The zero-order valence-corrected chi connectivity index (χ0v) is 13.6. The topological polar surface area (TPSA) is 90.1 Å². The molecule has 0 radical (unpaired) electrons. The SMILES string of the molecule is CCCCc1nnc(NC(=O)Cc2ccc(N)cc2OC)s1. The zero-order valence-electron chi connectivity index (χ0n) is 12.8. The number of anilines is 2. The first-order valence-electron chi connectivity index (χ1n) is 7.17. The Morgan fingerprint density at radius 2 is 2.23 bits per heavy atom. The molecule has 0 saturated carbocycles. The van der Waals surface area contributed by atoms with E-state index in [1.54, 1.807) is 25.3 Å². The Hall–Kier alpha value is -2.15. The number of aryl methyl sites for hydroxylation is 1. The number of benzene rings is 1. The van der Waals surface area contributed by atoms with Crippen molar-refractivity contribution in [2.75, 3.05) is 18.2 Å². The third kappa shape index (κ3) is 4.42. The second kappa shape index (κ2) is 7.74. The van der Waals surface area contributed by atoms with Crippen LogP contribution in [-0.2, 0) is 17.6 Å². The molecule has 118 valence electrons. The highest BCUT2D eigenvalue weighted by atomic mass is 32.1. The molecule has 22 heavy (non-hydrogen) atoms. The third-order valence-corrected chi connectivity index (χ3v) is 4.02. The number of nitrogens with two attached hydrogens (primary N) is 1. The van der Waals surface area contributed by atoms with E-state index in [1.807, 2.05) is 0 Å². The second-order valence-electron chi connectivity index (χ2n) is 4.90. The number of rotatable bonds is 7. The number of aromatic nitrogens is 2. The van der Waals surface area contributed by atoms with Crippen LogP contribution in [0.2, 0.25) is 0 Å². The number of methoxy groups -OCH3 is 1. The molecule has 0 aliphatic heterocycles. The summed E-state index contributed by atoms with van der Waals surface area (Å²) < 4.78 is 5.24. The lowest BCUT2D eigenvalue weighted by Crippen LogP contribution is -2.14. The Balaban J connectivity index is 1.96. The lowest BCUT2D eigenvalue weighted by molar-refractivity contribution is -0.115. The monoisotopic (exact) mass is 320 g/mol. The summed E-state index contributed by atoms with van der Waals surface area (Å²) >= 11 is 1.42.